The fourth-order valence-electron chi connectivity index (χ4n) is 4.74. The van der Waals surface area contributed by atoms with E-state index in [9.17, 15) is 14.4 Å². The number of carbonyl (C=O) groups is 2. The lowest BCUT2D eigenvalue weighted by Crippen LogP contribution is -2.52. The molecule has 9 heteroatoms. The zero-order valence-electron chi connectivity index (χ0n) is 18.1. The van der Waals surface area contributed by atoms with Gasteiger partial charge in [0, 0.05) is 37.4 Å². The third kappa shape index (κ3) is 4.03. The van der Waals surface area contributed by atoms with Gasteiger partial charge in [-0.05, 0) is 31.0 Å². The van der Waals surface area contributed by atoms with Crippen LogP contribution in [0.2, 0.25) is 0 Å². The zero-order chi connectivity index (χ0) is 22.1. The van der Waals surface area contributed by atoms with E-state index in [0.29, 0.717) is 60.9 Å². The molecular weight excluding hydrogens is 428 g/mol. The number of ether oxygens (including phenoxy) is 1. The summed E-state index contributed by atoms with van der Waals surface area (Å²) >= 11 is 1.59. The minimum atomic E-state index is -0.462. The molecule has 0 bridgehead atoms. The molecule has 170 valence electrons. The van der Waals surface area contributed by atoms with Crippen LogP contribution in [0.25, 0.3) is 10.9 Å². The van der Waals surface area contributed by atoms with Crippen LogP contribution in [0.1, 0.15) is 41.9 Å². The highest BCUT2D eigenvalue weighted by Crippen LogP contribution is 2.26. The molecule has 3 aliphatic rings. The molecule has 2 amide bonds. The summed E-state index contributed by atoms with van der Waals surface area (Å²) in [5.41, 5.74) is 1.01. The molecule has 4 heterocycles. The number of aromatic nitrogens is 2. The van der Waals surface area contributed by atoms with Crippen LogP contribution in [-0.2, 0) is 22.5 Å². The molecule has 32 heavy (non-hydrogen) atoms. The van der Waals surface area contributed by atoms with Crippen LogP contribution in [0, 0.1) is 0 Å². The Morgan fingerprint density at radius 2 is 1.88 bits per heavy atom. The van der Waals surface area contributed by atoms with Crippen molar-refractivity contribution in [3.8, 4) is 0 Å². The van der Waals surface area contributed by atoms with Gasteiger partial charge in [0.25, 0.3) is 11.5 Å². The maximum absolute atomic E-state index is 13.4. The largest absolute Gasteiger partial charge is 0.378 e. The first kappa shape index (κ1) is 21.5. The highest BCUT2D eigenvalue weighted by Gasteiger charge is 2.38. The molecule has 2 fully saturated rings. The van der Waals surface area contributed by atoms with E-state index in [1.165, 1.54) is 0 Å². The highest BCUT2D eigenvalue weighted by atomic mass is 32.2. The fourth-order valence-corrected chi connectivity index (χ4v) is 5.88. The van der Waals surface area contributed by atoms with Crippen molar-refractivity contribution >= 4 is 34.5 Å². The first-order chi connectivity index (χ1) is 15.6. The van der Waals surface area contributed by atoms with Gasteiger partial charge in [0.15, 0.2) is 0 Å². The van der Waals surface area contributed by atoms with E-state index in [1.807, 2.05) is 0 Å². The van der Waals surface area contributed by atoms with Gasteiger partial charge in [0.05, 0.1) is 30.0 Å². The summed E-state index contributed by atoms with van der Waals surface area (Å²) in [6.45, 7) is 2.91. The quantitative estimate of drug-likeness (QED) is 0.686. The Kier molecular flexibility index (Phi) is 6.19. The molecule has 0 unspecified atom stereocenters. The number of benzene rings is 1. The average molecular weight is 457 g/mol. The topological polar surface area (TPSA) is 84.7 Å². The van der Waals surface area contributed by atoms with Crippen LogP contribution < -0.4 is 5.56 Å². The number of carbonyl (C=O) groups excluding carboxylic acids is 2. The lowest BCUT2D eigenvalue weighted by Gasteiger charge is -2.32. The van der Waals surface area contributed by atoms with E-state index < -0.39 is 6.04 Å². The van der Waals surface area contributed by atoms with E-state index in [-0.39, 0.29) is 17.4 Å². The van der Waals surface area contributed by atoms with Crippen LogP contribution in [0.4, 0.5) is 0 Å². The molecule has 1 aromatic carbocycles. The molecule has 3 aliphatic heterocycles. The minimum absolute atomic E-state index is 0.00908. The summed E-state index contributed by atoms with van der Waals surface area (Å²) in [6, 6.07) is 4.67. The van der Waals surface area contributed by atoms with E-state index in [1.54, 1.807) is 44.3 Å². The smallest absolute Gasteiger partial charge is 0.261 e. The Labute approximate surface area is 190 Å². The highest BCUT2D eigenvalue weighted by molar-refractivity contribution is 7.99. The molecular formula is C23H28N4O4S. The summed E-state index contributed by atoms with van der Waals surface area (Å²) in [6.07, 6.45) is 5.07. The summed E-state index contributed by atoms with van der Waals surface area (Å²) in [4.78, 5) is 47.7. The number of morpholine rings is 1. The molecule has 0 spiro atoms. The van der Waals surface area contributed by atoms with E-state index in [0.717, 1.165) is 37.9 Å². The number of nitrogens with zero attached hydrogens (tertiary/aromatic N) is 4. The summed E-state index contributed by atoms with van der Waals surface area (Å²) in [7, 11) is 0. The van der Waals surface area contributed by atoms with Gasteiger partial charge in [-0.25, -0.2) is 4.98 Å². The number of thioether (sulfide) groups is 1. The zero-order valence-corrected chi connectivity index (χ0v) is 18.9. The van der Waals surface area contributed by atoms with Crippen molar-refractivity contribution in [1.82, 2.24) is 19.4 Å². The summed E-state index contributed by atoms with van der Waals surface area (Å²) < 4.78 is 7.15. The standard InChI is InChI=1S/C23H28N4O4S/c28-21(27-15-32-14-19(27)23(30)25-9-11-31-12-10-25)16-6-7-17-18(13-16)24-20-5-3-1-2-4-8-26(20)22(17)29/h6-7,13,19H,1-5,8-12,14-15H2/t19-/m0/s1. The molecule has 2 aromatic rings. The van der Waals surface area contributed by atoms with Crippen LogP contribution in [-0.4, -0.2) is 75.1 Å². The monoisotopic (exact) mass is 456 g/mol. The molecule has 1 atom stereocenters. The third-order valence-corrected chi connectivity index (χ3v) is 7.58. The van der Waals surface area contributed by atoms with Crippen LogP contribution in [0.15, 0.2) is 23.0 Å². The molecule has 0 N–H and O–H groups in total. The van der Waals surface area contributed by atoms with Gasteiger partial charge >= 0.3 is 0 Å². The number of hydrogen-bond acceptors (Lipinski definition) is 6. The first-order valence-corrected chi connectivity index (χ1v) is 12.6. The summed E-state index contributed by atoms with van der Waals surface area (Å²) in [5.74, 6) is 1.70. The number of fused-ring (bicyclic) bond motifs is 2. The predicted octanol–water partition coefficient (Wildman–Crippen LogP) is 1.89. The summed E-state index contributed by atoms with van der Waals surface area (Å²) in [5, 5.41) is 0.544. The Hall–Kier alpha value is -2.39. The van der Waals surface area contributed by atoms with Crippen molar-refractivity contribution in [1.29, 1.82) is 0 Å². The number of aryl methyl sites for hydroxylation is 1. The second-order valence-corrected chi connectivity index (χ2v) is 9.61. The Morgan fingerprint density at radius 3 is 2.72 bits per heavy atom. The van der Waals surface area contributed by atoms with Crippen LogP contribution in [0.5, 0.6) is 0 Å². The van der Waals surface area contributed by atoms with Gasteiger partial charge in [-0.1, -0.05) is 12.8 Å². The first-order valence-electron chi connectivity index (χ1n) is 11.4. The van der Waals surface area contributed by atoms with E-state index >= 15 is 0 Å². The van der Waals surface area contributed by atoms with Crippen molar-refractivity contribution in [3.05, 3.63) is 39.9 Å². The van der Waals surface area contributed by atoms with Crippen LogP contribution in [0.3, 0.4) is 0 Å². The number of rotatable bonds is 2. The fraction of sp³-hybridized carbons (Fsp3) is 0.565. The van der Waals surface area contributed by atoms with Crippen molar-refractivity contribution in [2.24, 2.45) is 0 Å². The lowest BCUT2D eigenvalue weighted by molar-refractivity contribution is -0.138. The van der Waals surface area contributed by atoms with E-state index in [4.69, 9.17) is 9.72 Å². The average Bonchev–Trinajstić information content (AvgIpc) is 3.29. The maximum atomic E-state index is 13.4. The van der Waals surface area contributed by atoms with Crippen molar-refractivity contribution in [3.63, 3.8) is 0 Å². The SMILES string of the molecule is O=C([C@@H]1CSCN1C(=O)c1ccc2c(=O)n3c(nc2c1)CCCCCC3)N1CCOCC1. The van der Waals surface area contributed by atoms with Gasteiger partial charge in [-0.2, -0.15) is 0 Å². The van der Waals surface area contributed by atoms with Crippen LogP contribution >= 0.6 is 11.8 Å². The lowest BCUT2D eigenvalue weighted by atomic mass is 10.1. The molecule has 1 aromatic heterocycles. The second-order valence-electron chi connectivity index (χ2n) is 8.61. The molecule has 2 saturated heterocycles. The predicted molar refractivity (Wildman–Crippen MR) is 123 cm³/mol. The van der Waals surface area contributed by atoms with Gasteiger partial charge in [0.2, 0.25) is 5.91 Å². The molecule has 8 nitrogen and oxygen atoms in total. The van der Waals surface area contributed by atoms with Crippen molar-refractivity contribution in [2.45, 2.75) is 44.7 Å². The normalized spacial score (nSPS) is 21.8. The van der Waals surface area contributed by atoms with Crippen molar-refractivity contribution < 1.29 is 14.3 Å². The van der Waals surface area contributed by atoms with Gasteiger partial charge in [0.1, 0.15) is 11.9 Å². The molecule has 5 rings (SSSR count). The van der Waals surface area contributed by atoms with Crippen molar-refractivity contribution in [2.75, 3.05) is 37.9 Å². The Morgan fingerprint density at radius 1 is 1.06 bits per heavy atom. The molecule has 0 radical (unpaired) electrons. The van der Waals surface area contributed by atoms with Gasteiger partial charge in [-0.15, -0.1) is 11.8 Å². The molecule has 0 saturated carbocycles. The van der Waals surface area contributed by atoms with E-state index in [2.05, 4.69) is 0 Å². The van der Waals surface area contributed by atoms with Gasteiger partial charge < -0.3 is 14.5 Å². The Bertz CT molecular complexity index is 1100. The number of amides is 2. The third-order valence-electron chi connectivity index (χ3n) is 6.56. The molecule has 0 aliphatic carbocycles. The second kappa shape index (κ2) is 9.23. The van der Waals surface area contributed by atoms with Gasteiger partial charge in [-0.3, -0.25) is 19.0 Å². The Balaban J connectivity index is 1.43. The number of hydrogen-bond donors (Lipinski definition) is 0. The minimum Gasteiger partial charge on any atom is -0.378 e. The maximum Gasteiger partial charge on any atom is 0.261 e.